The van der Waals surface area contributed by atoms with Crippen LogP contribution in [0.1, 0.15) is 32.4 Å². The summed E-state index contributed by atoms with van der Waals surface area (Å²) >= 11 is 0. The topological polar surface area (TPSA) is 47.0 Å². The highest BCUT2D eigenvalue weighted by atomic mass is 16.5. The van der Waals surface area contributed by atoms with Gasteiger partial charge in [-0.05, 0) is 38.8 Å². The van der Waals surface area contributed by atoms with Crippen LogP contribution in [0.5, 0.6) is 0 Å². The first-order valence-electron chi connectivity index (χ1n) is 5.81. The minimum Gasteiger partial charge on any atom is -0.371 e. The molecule has 0 spiro atoms. The number of aromatic nitrogens is 2. The first-order valence-corrected chi connectivity index (χ1v) is 5.81. The molecule has 2 heterocycles. The van der Waals surface area contributed by atoms with Crippen molar-refractivity contribution in [3.63, 3.8) is 0 Å². The molecular formula is C12H19N3O. The Morgan fingerprint density at radius 1 is 1.56 bits per heavy atom. The van der Waals surface area contributed by atoms with Gasteiger partial charge in [0.25, 0.3) is 0 Å². The zero-order valence-corrected chi connectivity index (χ0v) is 9.94. The number of nitrogens with one attached hydrogen (secondary N) is 1. The fraction of sp³-hybridized carbons (Fsp3) is 0.667. The second kappa shape index (κ2) is 4.89. The summed E-state index contributed by atoms with van der Waals surface area (Å²) in [5, 5.41) is 11.2. The van der Waals surface area contributed by atoms with E-state index in [9.17, 15) is 0 Å². The first kappa shape index (κ1) is 11.5. The van der Waals surface area contributed by atoms with Crippen LogP contribution in [-0.4, -0.2) is 28.4 Å². The molecule has 4 nitrogen and oxygen atoms in total. The third-order valence-electron chi connectivity index (χ3n) is 2.86. The number of nitrogens with zero attached hydrogens (tertiary/aromatic N) is 2. The lowest BCUT2D eigenvalue weighted by atomic mass is 10.1. The lowest BCUT2D eigenvalue weighted by molar-refractivity contribution is -0.0143. The van der Waals surface area contributed by atoms with E-state index in [1.807, 2.05) is 12.1 Å². The Kier molecular flexibility index (Phi) is 3.51. The highest BCUT2D eigenvalue weighted by molar-refractivity contribution is 4.98. The Morgan fingerprint density at radius 2 is 2.44 bits per heavy atom. The average molecular weight is 221 g/mol. The number of hydrogen-bond donors (Lipinski definition) is 1. The van der Waals surface area contributed by atoms with Crippen LogP contribution >= 0.6 is 0 Å². The van der Waals surface area contributed by atoms with E-state index in [2.05, 4.69) is 29.4 Å². The molecule has 88 valence electrons. The molecule has 0 bridgehead atoms. The number of hydrogen-bond acceptors (Lipinski definition) is 4. The monoisotopic (exact) mass is 221 g/mol. The molecule has 1 unspecified atom stereocenters. The van der Waals surface area contributed by atoms with Crippen molar-refractivity contribution >= 4 is 0 Å². The SMILES string of the molecule is CC1(C)CCC(CNCc2cccnn2)O1. The molecule has 2 rings (SSSR count). The van der Waals surface area contributed by atoms with Crippen molar-refractivity contribution in [3.05, 3.63) is 24.0 Å². The summed E-state index contributed by atoms with van der Waals surface area (Å²) in [6, 6.07) is 3.87. The van der Waals surface area contributed by atoms with Crippen LogP contribution in [-0.2, 0) is 11.3 Å². The van der Waals surface area contributed by atoms with Gasteiger partial charge < -0.3 is 10.1 Å². The van der Waals surface area contributed by atoms with Gasteiger partial charge in [-0.15, -0.1) is 0 Å². The maximum absolute atomic E-state index is 5.89. The molecule has 1 aliphatic heterocycles. The Bertz CT molecular complexity index is 326. The molecule has 1 aliphatic rings. The van der Waals surface area contributed by atoms with Gasteiger partial charge in [0.2, 0.25) is 0 Å². The molecule has 16 heavy (non-hydrogen) atoms. The van der Waals surface area contributed by atoms with Gasteiger partial charge in [-0.1, -0.05) is 0 Å². The highest BCUT2D eigenvalue weighted by Gasteiger charge is 2.30. The predicted molar refractivity (Wildman–Crippen MR) is 61.9 cm³/mol. The molecule has 1 aromatic rings. The zero-order chi connectivity index (χ0) is 11.4. The summed E-state index contributed by atoms with van der Waals surface area (Å²) in [5.74, 6) is 0. The normalized spacial score (nSPS) is 23.5. The van der Waals surface area contributed by atoms with Crippen LogP contribution in [0.15, 0.2) is 18.3 Å². The molecule has 0 radical (unpaired) electrons. The second-order valence-corrected chi connectivity index (χ2v) is 4.88. The van der Waals surface area contributed by atoms with Crippen LogP contribution in [0.2, 0.25) is 0 Å². The smallest absolute Gasteiger partial charge is 0.0768 e. The maximum Gasteiger partial charge on any atom is 0.0768 e. The summed E-state index contributed by atoms with van der Waals surface area (Å²) in [5.41, 5.74) is 1.03. The third kappa shape index (κ3) is 3.25. The lowest BCUT2D eigenvalue weighted by Gasteiger charge is -2.19. The van der Waals surface area contributed by atoms with Gasteiger partial charge in [-0.3, -0.25) is 0 Å². The first-order chi connectivity index (χ1) is 7.66. The Balaban J connectivity index is 1.70. The van der Waals surface area contributed by atoms with Gasteiger partial charge >= 0.3 is 0 Å². The van der Waals surface area contributed by atoms with E-state index >= 15 is 0 Å². The molecule has 0 saturated carbocycles. The van der Waals surface area contributed by atoms with Gasteiger partial charge in [0, 0.05) is 19.3 Å². The van der Waals surface area contributed by atoms with Crippen LogP contribution in [0.25, 0.3) is 0 Å². The maximum atomic E-state index is 5.89. The largest absolute Gasteiger partial charge is 0.371 e. The van der Waals surface area contributed by atoms with E-state index in [0.29, 0.717) is 6.10 Å². The Morgan fingerprint density at radius 3 is 3.06 bits per heavy atom. The van der Waals surface area contributed by atoms with Crippen LogP contribution in [0.3, 0.4) is 0 Å². The van der Waals surface area contributed by atoms with E-state index in [4.69, 9.17) is 4.74 Å². The van der Waals surface area contributed by atoms with E-state index in [-0.39, 0.29) is 5.60 Å². The molecule has 0 aliphatic carbocycles. The van der Waals surface area contributed by atoms with E-state index in [1.165, 1.54) is 0 Å². The fourth-order valence-corrected chi connectivity index (χ4v) is 2.01. The highest BCUT2D eigenvalue weighted by Crippen LogP contribution is 2.28. The van der Waals surface area contributed by atoms with E-state index in [1.54, 1.807) is 6.20 Å². The Labute approximate surface area is 96.4 Å². The molecule has 1 N–H and O–H groups in total. The van der Waals surface area contributed by atoms with E-state index < -0.39 is 0 Å². The van der Waals surface area contributed by atoms with Gasteiger partial charge in [0.1, 0.15) is 0 Å². The predicted octanol–water partition coefficient (Wildman–Crippen LogP) is 1.52. The second-order valence-electron chi connectivity index (χ2n) is 4.88. The molecule has 1 fully saturated rings. The van der Waals surface area contributed by atoms with Crippen LogP contribution in [0, 0.1) is 0 Å². The number of ether oxygens (including phenoxy) is 1. The third-order valence-corrected chi connectivity index (χ3v) is 2.86. The molecule has 0 amide bonds. The zero-order valence-electron chi connectivity index (χ0n) is 9.94. The summed E-state index contributed by atoms with van der Waals surface area (Å²) in [6.45, 7) is 5.94. The summed E-state index contributed by atoms with van der Waals surface area (Å²) in [4.78, 5) is 0. The summed E-state index contributed by atoms with van der Waals surface area (Å²) in [7, 11) is 0. The number of rotatable bonds is 4. The van der Waals surface area contributed by atoms with Crippen molar-refractivity contribution < 1.29 is 4.74 Å². The minimum absolute atomic E-state index is 0.0545. The van der Waals surface area contributed by atoms with Crippen molar-refractivity contribution in [3.8, 4) is 0 Å². The summed E-state index contributed by atoms with van der Waals surface area (Å²) in [6.07, 6.45) is 4.31. The summed E-state index contributed by atoms with van der Waals surface area (Å²) < 4.78 is 5.89. The quantitative estimate of drug-likeness (QED) is 0.837. The molecule has 1 saturated heterocycles. The molecule has 0 aromatic carbocycles. The van der Waals surface area contributed by atoms with Crippen molar-refractivity contribution in [1.82, 2.24) is 15.5 Å². The molecule has 1 atom stereocenters. The van der Waals surface area contributed by atoms with Crippen LogP contribution in [0.4, 0.5) is 0 Å². The Hall–Kier alpha value is -1.00. The minimum atomic E-state index is 0.0545. The van der Waals surface area contributed by atoms with Gasteiger partial charge in [0.15, 0.2) is 0 Å². The molecule has 1 aromatic heterocycles. The standard InChI is InChI=1S/C12H19N3O/c1-12(2)6-5-11(16-12)9-13-8-10-4-3-7-14-15-10/h3-4,7,11,13H,5-6,8-9H2,1-2H3. The van der Waals surface area contributed by atoms with E-state index in [0.717, 1.165) is 31.6 Å². The van der Waals surface area contributed by atoms with Crippen molar-refractivity contribution in [2.24, 2.45) is 0 Å². The van der Waals surface area contributed by atoms with Crippen LogP contribution < -0.4 is 5.32 Å². The average Bonchev–Trinajstić information content (AvgIpc) is 2.60. The molecular weight excluding hydrogens is 202 g/mol. The van der Waals surface area contributed by atoms with Gasteiger partial charge in [-0.2, -0.15) is 10.2 Å². The van der Waals surface area contributed by atoms with Crippen molar-refractivity contribution in [1.29, 1.82) is 0 Å². The van der Waals surface area contributed by atoms with Crippen molar-refractivity contribution in [2.75, 3.05) is 6.54 Å². The van der Waals surface area contributed by atoms with Gasteiger partial charge in [-0.25, -0.2) is 0 Å². The molecule has 4 heteroatoms. The lowest BCUT2D eigenvalue weighted by Crippen LogP contribution is -2.29. The fourth-order valence-electron chi connectivity index (χ4n) is 2.01. The van der Waals surface area contributed by atoms with Gasteiger partial charge in [0.05, 0.1) is 17.4 Å². The van der Waals surface area contributed by atoms with Crippen molar-refractivity contribution in [2.45, 2.75) is 44.9 Å².